The highest BCUT2D eigenvalue weighted by Gasteiger charge is 2.27. The molecule has 0 atom stereocenters. The Bertz CT molecular complexity index is 852. The molecule has 2 heterocycles. The molecule has 2 amide bonds. The summed E-state index contributed by atoms with van der Waals surface area (Å²) >= 11 is 1.44. The van der Waals surface area contributed by atoms with Crippen molar-refractivity contribution in [3.05, 3.63) is 45.6 Å². The Morgan fingerprint density at radius 1 is 1.24 bits per heavy atom. The second-order valence-corrected chi connectivity index (χ2v) is 7.17. The number of anilines is 2. The van der Waals surface area contributed by atoms with Crippen molar-refractivity contribution in [2.24, 2.45) is 0 Å². The molecule has 0 bridgehead atoms. The van der Waals surface area contributed by atoms with Gasteiger partial charge in [0.1, 0.15) is 11.4 Å². The van der Waals surface area contributed by atoms with E-state index < -0.39 is 11.9 Å². The zero-order chi connectivity index (χ0) is 17.4. The maximum atomic E-state index is 12.5. The van der Waals surface area contributed by atoms with E-state index in [9.17, 15) is 14.4 Å². The molecular formula is C18H16N2O4S. The van der Waals surface area contributed by atoms with Gasteiger partial charge in [-0.05, 0) is 43.0 Å². The van der Waals surface area contributed by atoms with Crippen LogP contribution in [0.5, 0.6) is 0 Å². The van der Waals surface area contributed by atoms with E-state index >= 15 is 0 Å². The minimum Gasteiger partial charge on any atom is -0.451 e. The number of esters is 1. The lowest BCUT2D eigenvalue weighted by molar-refractivity contribution is -0.124. The topological polar surface area (TPSA) is 75.7 Å². The molecule has 6 nitrogen and oxygen atoms in total. The third-order valence-corrected chi connectivity index (χ3v) is 5.56. The summed E-state index contributed by atoms with van der Waals surface area (Å²) in [5.41, 5.74) is 2.40. The standard InChI is InChI=1S/C18H16N2O4S/c21-16-9-20(13-6-2-1-5-12(13)19-16)17(22)10-24-18(23)15-8-11-4-3-7-14(11)25-15/h1-2,5-6,8H,3-4,7,9-10H2,(H,19,21). The van der Waals surface area contributed by atoms with Crippen molar-refractivity contribution < 1.29 is 19.1 Å². The predicted octanol–water partition coefficient (Wildman–Crippen LogP) is 2.38. The molecule has 1 aromatic carbocycles. The lowest BCUT2D eigenvalue weighted by atomic mass is 10.2. The van der Waals surface area contributed by atoms with Crippen LogP contribution in [0.4, 0.5) is 11.4 Å². The van der Waals surface area contributed by atoms with Gasteiger partial charge in [0.05, 0.1) is 11.4 Å². The van der Waals surface area contributed by atoms with Crippen molar-refractivity contribution in [3.63, 3.8) is 0 Å². The average molecular weight is 356 g/mol. The molecule has 0 saturated heterocycles. The number of para-hydroxylation sites is 2. The van der Waals surface area contributed by atoms with Crippen molar-refractivity contribution in [1.82, 2.24) is 0 Å². The van der Waals surface area contributed by atoms with Crippen LogP contribution in [-0.4, -0.2) is 30.9 Å². The van der Waals surface area contributed by atoms with E-state index in [1.54, 1.807) is 24.3 Å². The van der Waals surface area contributed by atoms with Gasteiger partial charge in [-0.3, -0.25) is 14.5 Å². The fourth-order valence-corrected chi connectivity index (χ4v) is 4.31. The van der Waals surface area contributed by atoms with Gasteiger partial charge in [-0.25, -0.2) is 4.79 Å². The van der Waals surface area contributed by atoms with Crippen molar-refractivity contribution in [2.75, 3.05) is 23.4 Å². The van der Waals surface area contributed by atoms with E-state index in [4.69, 9.17) is 4.74 Å². The van der Waals surface area contributed by atoms with Gasteiger partial charge in [0.25, 0.3) is 5.91 Å². The second-order valence-electron chi connectivity index (χ2n) is 6.03. The normalized spacial score (nSPS) is 15.4. The molecule has 0 saturated carbocycles. The number of thiophene rings is 1. The number of hydrogen-bond donors (Lipinski definition) is 1. The number of hydrogen-bond acceptors (Lipinski definition) is 5. The number of nitrogens with one attached hydrogen (secondary N) is 1. The molecule has 0 spiro atoms. The first-order valence-corrected chi connectivity index (χ1v) is 8.91. The highest BCUT2D eigenvalue weighted by molar-refractivity contribution is 7.14. The molecule has 1 aliphatic carbocycles. The Morgan fingerprint density at radius 3 is 2.92 bits per heavy atom. The highest BCUT2D eigenvalue weighted by Crippen LogP contribution is 2.31. The highest BCUT2D eigenvalue weighted by atomic mass is 32.1. The van der Waals surface area contributed by atoms with E-state index in [2.05, 4.69) is 5.32 Å². The molecule has 2 aromatic rings. The maximum Gasteiger partial charge on any atom is 0.348 e. The van der Waals surface area contributed by atoms with E-state index in [1.165, 1.54) is 26.7 Å². The minimum absolute atomic E-state index is 0.0826. The fourth-order valence-electron chi connectivity index (χ4n) is 3.16. The van der Waals surface area contributed by atoms with Gasteiger partial charge in [0.2, 0.25) is 5.91 Å². The largest absolute Gasteiger partial charge is 0.451 e. The van der Waals surface area contributed by atoms with Gasteiger partial charge in [-0.2, -0.15) is 0 Å². The summed E-state index contributed by atoms with van der Waals surface area (Å²) in [4.78, 5) is 39.5. The zero-order valence-electron chi connectivity index (χ0n) is 13.4. The number of nitrogens with zero attached hydrogens (tertiary/aromatic N) is 1. The first-order chi connectivity index (χ1) is 12.1. The second kappa shape index (κ2) is 6.33. The van der Waals surface area contributed by atoms with E-state index in [0.29, 0.717) is 16.3 Å². The molecular weight excluding hydrogens is 340 g/mol. The molecule has 128 valence electrons. The van der Waals surface area contributed by atoms with Crippen molar-refractivity contribution >= 4 is 40.5 Å². The number of rotatable bonds is 3. The van der Waals surface area contributed by atoms with Gasteiger partial charge in [0.15, 0.2) is 6.61 Å². The van der Waals surface area contributed by atoms with Gasteiger partial charge in [-0.1, -0.05) is 12.1 Å². The summed E-state index contributed by atoms with van der Waals surface area (Å²) < 4.78 is 5.18. The van der Waals surface area contributed by atoms with Crippen LogP contribution >= 0.6 is 11.3 Å². The van der Waals surface area contributed by atoms with Crippen LogP contribution in [0.15, 0.2) is 30.3 Å². The molecule has 0 fully saturated rings. The van der Waals surface area contributed by atoms with Crippen LogP contribution in [0.2, 0.25) is 0 Å². The van der Waals surface area contributed by atoms with Gasteiger partial charge in [-0.15, -0.1) is 11.3 Å². The molecule has 7 heteroatoms. The van der Waals surface area contributed by atoms with Gasteiger partial charge < -0.3 is 10.1 Å². The summed E-state index contributed by atoms with van der Waals surface area (Å²) in [6.45, 7) is -0.469. The smallest absolute Gasteiger partial charge is 0.348 e. The maximum absolute atomic E-state index is 12.5. The molecule has 0 unspecified atom stereocenters. The van der Waals surface area contributed by atoms with Gasteiger partial charge in [0, 0.05) is 4.88 Å². The third kappa shape index (κ3) is 3.02. The van der Waals surface area contributed by atoms with Crippen LogP contribution in [-0.2, 0) is 27.2 Å². The SMILES string of the molecule is O=C1CN(C(=O)COC(=O)c2cc3c(s2)CCC3)c2ccccc2N1. The number of aryl methyl sites for hydroxylation is 2. The molecule has 1 aliphatic heterocycles. The fraction of sp³-hybridized carbons (Fsp3) is 0.278. The molecule has 4 rings (SSSR count). The van der Waals surface area contributed by atoms with Gasteiger partial charge >= 0.3 is 5.97 Å². The summed E-state index contributed by atoms with van der Waals surface area (Å²) in [6, 6.07) is 8.91. The number of amides is 2. The van der Waals surface area contributed by atoms with Crippen LogP contribution in [0, 0.1) is 0 Å². The Balaban J connectivity index is 1.43. The van der Waals surface area contributed by atoms with Crippen LogP contribution in [0.3, 0.4) is 0 Å². The number of carbonyl (C=O) groups is 3. The first kappa shape index (κ1) is 15.8. The molecule has 2 aliphatic rings. The average Bonchev–Trinajstić information content (AvgIpc) is 3.20. The lowest BCUT2D eigenvalue weighted by Gasteiger charge is -2.28. The number of fused-ring (bicyclic) bond motifs is 2. The molecule has 1 aromatic heterocycles. The van der Waals surface area contributed by atoms with Crippen LogP contribution < -0.4 is 10.2 Å². The van der Waals surface area contributed by atoms with Crippen molar-refractivity contribution in [3.8, 4) is 0 Å². The first-order valence-electron chi connectivity index (χ1n) is 8.10. The molecule has 1 N–H and O–H groups in total. The summed E-state index contributed by atoms with van der Waals surface area (Å²) in [6.07, 6.45) is 3.13. The Morgan fingerprint density at radius 2 is 2.08 bits per heavy atom. The summed E-state index contributed by atoms with van der Waals surface area (Å²) in [7, 11) is 0. The Hall–Kier alpha value is -2.67. The van der Waals surface area contributed by atoms with E-state index in [0.717, 1.165) is 19.3 Å². The zero-order valence-corrected chi connectivity index (χ0v) is 14.2. The quantitative estimate of drug-likeness (QED) is 0.857. The molecule has 25 heavy (non-hydrogen) atoms. The van der Waals surface area contributed by atoms with E-state index in [-0.39, 0.29) is 19.1 Å². The lowest BCUT2D eigenvalue weighted by Crippen LogP contribution is -2.44. The number of carbonyl (C=O) groups excluding carboxylic acids is 3. The Kier molecular flexibility index (Phi) is 4.01. The van der Waals surface area contributed by atoms with Crippen molar-refractivity contribution in [2.45, 2.75) is 19.3 Å². The molecule has 0 radical (unpaired) electrons. The van der Waals surface area contributed by atoms with Crippen LogP contribution in [0.25, 0.3) is 0 Å². The number of ether oxygens (including phenoxy) is 1. The van der Waals surface area contributed by atoms with E-state index in [1.807, 2.05) is 6.07 Å². The van der Waals surface area contributed by atoms with Crippen LogP contribution in [0.1, 0.15) is 26.5 Å². The summed E-state index contributed by atoms with van der Waals surface area (Å²) in [5, 5.41) is 2.72. The third-order valence-electron chi connectivity index (χ3n) is 4.35. The number of benzene rings is 1. The summed E-state index contributed by atoms with van der Waals surface area (Å²) in [5.74, 6) is -1.17. The van der Waals surface area contributed by atoms with Crippen molar-refractivity contribution in [1.29, 1.82) is 0 Å². The monoisotopic (exact) mass is 356 g/mol. The predicted molar refractivity (Wildman–Crippen MR) is 94.1 cm³/mol. The Labute approximate surface area is 148 Å². The minimum atomic E-state index is -0.484.